The lowest BCUT2D eigenvalue weighted by Gasteiger charge is -1.89. The molecule has 50 valence electrons. The van der Waals surface area contributed by atoms with Gasteiger partial charge in [0.15, 0.2) is 5.69 Å². The van der Waals surface area contributed by atoms with Gasteiger partial charge in [-0.1, -0.05) is 6.58 Å². The molecule has 4 heteroatoms. The monoisotopic (exact) mass is 134 g/mol. The number of nitrogen functional groups attached to an aromatic ring is 1. The number of nitriles is 1. The Kier molecular flexibility index (Phi) is 1.42. The van der Waals surface area contributed by atoms with Crippen LogP contribution in [0.1, 0.15) is 5.69 Å². The van der Waals surface area contributed by atoms with Crippen molar-refractivity contribution in [2.45, 2.75) is 0 Å². The quantitative estimate of drug-likeness (QED) is 0.605. The Morgan fingerprint density at radius 1 is 1.90 bits per heavy atom. The summed E-state index contributed by atoms with van der Waals surface area (Å²) in [7, 11) is 0. The molecule has 0 unspecified atom stereocenters. The lowest BCUT2D eigenvalue weighted by atomic mass is 10.4. The Morgan fingerprint density at radius 2 is 2.60 bits per heavy atom. The molecule has 1 aromatic heterocycles. The van der Waals surface area contributed by atoms with Crippen molar-refractivity contribution in [2.24, 2.45) is 0 Å². The number of nitrogens with zero attached hydrogens (tertiary/aromatic N) is 3. The summed E-state index contributed by atoms with van der Waals surface area (Å²) in [4.78, 5) is 0. The van der Waals surface area contributed by atoms with Crippen LogP contribution in [0, 0.1) is 11.3 Å². The topological polar surface area (TPSA) is 67.6 Å². The predicted molar refractivity (Wildman–Crippen MR) is 37.7 cm³/mol. The summed E-state index contributed by atoms with van der Waals surface area (Å²) in [6.07, 6.45) is 2.84. The molecule has 1 rings (SSSR count). The van der Waals surface area contributed by atoms with Crippen LogP contribution in [-0.2, 0) is 0 Å². The molecule has 0 fully saturated rings. The second kappa shape index (κ2) is 2.23. The molecule has 0 aliphatic heterocycles. The Labute approximate surface area is 58.2 Å². The molecule has 0 amide bonds. The van der Waals surface area contributed by atoms with E-state index in [-0.39, 0.29) is 0 Å². The van der Waals surface area contributed by atoms with Gasteiger partial charge in [-0.05, 0) is 0 Å². The van der Waals surface area contributed by atoms with Crippen molar-refractivity contribution in [2.75, 3.05) is 5.73 Å². The van der Waals surface area contributed by atoms with Gasteiger partial charge in [0.1, 0.15) is 6.07 Å². The number of nitrogens with two attached hydrogens (primary N) is 1. The second-order valence-electron chi connectivity index (χ2n) is 1.69. The standard InChI is InChI=1S/C6H6N4/c1-2-10-6(3-7)5(8)4-9-10/h2,4H,1,8H2. The highest BCUT2D eigenvalue weighted by Crippen LogP contribution is 2.07. The van der Waals surface area contributed by atoms with Crippen molar-refractivity contribution in [3.05, 3.63) is 18.5 Å². The molecule has 0 radical (unpaired) electrons. The van der Waals surface area contributed by atoms with Gasteiger partial charge in [0.25, 0.3) is 0 Å². The summed E-state index contributed by atoms with van der Waals surface area (Å²) in [5, 5.41) is 12.2. The van der Waals surface area contributed by atoms with E-state index >= 15 is 0 Å². The molecular formula is C6H6N4. The third-order valence-corrected chi connectivity index (χ3v) is 1.10. The van der Waals surface area contributed by atoms with E-state index in [1.807, 2.05) is 6.07 Å². The molecule has 4 nitrogen and oxygen atoms in total. The summed E-state index contributed by atoms with van der Waals surface area (Å²) in [6.45, 7) is 3.45. The van der Waals surface area contributed by atoms with Crippen LogP contribution in [0.2, 0.25) is 0 Å². The Hall–Kier alpha value is -1.76. The molecule has 0 aliphatic rings. The third-order valence-electron chi connectivity index (χ3n) is 1.10. The minimum Gasteiger partial charge on any atom is -0.395 e. The average Bonchev–Trinajstić information content (AvgIpc) is 2.30. The predicted octanol–water partition coefficient (Wildman–Crippen LogP) is 0.437. The number of rotatable bonds is 1. The van der Waals surface area contributed by atoms with Crippen LogP contribution in [0.5, 0.6) is 0 Å². The molecule has 0 aliphatic carbocycles. The molecule has 2 N–H and O–H groups in total. The first kappa shape index (κ1) is 6.36. The van der Waals surface area contributed by atoms with E-state index in [2.05, 4.69) is 11.7 Å². The van der Waals surface area contributed by atoms with Gasteiger partial charge in [0.05, 0.1) is 11.9 Å². The highest BCUT2D eigenvalue weighted by Gasteiger charge is 2.02. The van der Waals surface area contributed by atoms with Gasteiger partial charge < -0.3 is 5.73 Å². The largest absolute Gasteiger partial charge is 0.395 e. The van der Waals surface area contributed by atoms with Crippen molar-refractivity contribution in [1.82, 2.24) is 9.78 Å². The zero-order chi connectivity index (χ0) is 7.56. The van der Waals surface area contributed by atoms with E-state index in [4.69, 9.17) is 11.0 Å². The SMILES string of the molecule is C=Cn1ncc(N)c1C#N. The van der Waals surface area contributed by atoms with Crippen molar-refractivity contribution in [1.29, 1.82) is 5.26 Å². The number of hydrogen-bond donors (Lipinski definition) is 1. The van der Waals surface area contributed by atoms with Gasteiger partial charge in [-0.3, -0.25) is 0 Å². The second-order valence-corrected chi connectivity index (χ2v) is 1.69. The highest BCUT2D eigenvalue weighted by molar-refractivity contribution is 5.51. The van der Waals surface area contributed by atoms with E-state index in [1.165, 1.54) is 17.1 Å². The van der Waals surface area contributed by atoms with E-state index < -0.39 is 0 Å². The Balaban J connectivity index is 3.29. The van der Waals surface area contributed by atoms with Crippen LogP contribution in [0.15, 0.2) is 12.8 Å². The van der Waals surface area contributed by atoms with Crippen molar-refractivity contribution in [3.63, 3.8) is 0 Å². The molecule has 0 atom stereocenters. The van der Waals surface area contributed by atoms with Crippen LogP contribution in [-0.4, -0.2) is 9.78 Å². The molecule has 0 saturated carbocycles. The summed E-state index contributed by atoms with van der Waals surface area (Å²) in [6, 6.07) is 1.90. The van der Waals surface area contributed by atoms with Crippen LogP contribution in [0.25, 0.3) is 6.20 Å². The number of aromatic nitrogens is 2. The first-order valence-corrected chi connectivity index (χ1v) is 2.65. The molecular weight excluding hydrogens is 128 g/mol. The first-order valence-electron chi connectivity index (χ1n) is 2.65. The summed E-state index contributed by atoms with van der Waals surface area (Å²) in [5.41, 5.74) is 6.08. The maximum absolute atomic E-state index is 8.48. The van der Waals surface area contributed by atoms with Crippen LogP contribution in [0.4, 0.5) is 5.69 Å². The fraction of sp³-hybridized carbons (Fsp3) is 0. The van der Waals surface area contributed by atoms with E-state index in [9.17, 15) is 0 Å². The molecule has 0 saturated heterocycles. The van der Waals surface area contributed by atoms with E-state index in [0.717, 1.165) is 0 Å². The molecule has 0 aromatic carbocycles. The van der Waals surface area contributed by atoms with Crippen LogP contribution >= 0.6 is 0 Å². The third kappa shape index (κ3) is 0.738. The fourth-order valence-electron chi connectivity index (χ4n) is 0.630. The number of hydrogen-bond acceptors (Lipinski definition) is 3. The summed E-state index contributed by atoms with van der Waals surface area (Å²) in [5.74, 6) is 0. The van der Waals surface area contributed by atoms with E-state index in [1.54, 1.807) is 0 Å². The maximum atomic E-state index is 8.48. The van der Waals surface area contributed by atoms with Gasteiger partial charge in [-0.2, -0.15) is 10.4 Å². The van der Waals surface area contributed by atoms with Gasteiger partial charge in [-0.15, -0.1) is 0 Å². The zero-order valence-corrected chi connectivity index (χ0v) is 5.28. The minimum absolute atomic E-state index is 0.329. The highest BCUT2D eigenvalue weighted by atomic mass is 15.3. The molecule has 1 aromatic rings. The van der Waals surface area contributed by atoms with Gasteiger partial charge in [0.2, 0.25) is 0 Å². The van der Waals surface area contributed by atoms with Gasteiger partial charge in [0, 0.05) is 6.20 Å². The fourth-order valence-corrected chi connectivity index (χ4v) is 0.630. The maximum Gasteiger partial charge on any atom is 0.166 e. The van der Waals surface area contributed by atoms with Crippen molar-refractivity contribution in [3.8, 4) is 6.07 Å². The number of anilines is 1. The molecule has 10 heavy (non-hydrogen) atoms. The van der Waals surface area contributed by atoms with Gasteiger partial charge >= 0.3 is 0 Å². The smallest absolute Gasteiger partial charge is 0.166 e. The van der Waals surface area contributed by atoms with Crippen molar-refractivity contribution < 1.29 is 0 Å². The summed E-state index contributed by atoms with van der Waals surface area (Å²) < 4.78 is 1.33. The Morgan fingerprint density at radius 3 is 3.00 bits per heavy atom. The molecule has 0 bridgehead atoms. The Bertz CT molecular complexity index is 291. The van der Waals surface area contributed by atoms with E-state index in [0.29, 0.717) is 11.4 Å². The molecule has 1 heterocycles. The van der Waals surface area contributed by atoms with Crippen LogP contribution < -0.4 is 5.73 Å². The lowest BCUT2D eigenvalue weighted by Crippen LogP contribution is -1.93. The zero-order valence-electron chi connectivity index (χ0n) is 5.28. The minimum atomic E-state index is 0.329. The first-order chi connectivity index (χ1) is 4.79. The lowest BCUT2D eigenvalue weighted by molar-refractivity contribution is 0.921. The normalized spacial score (nSPS) is 8.70. The summed E-state index contributed by atoms with van der Waals surface area (Å²) >= 11 is 0. The van der Waals surface area contributed by atoms with Gasteiger partial charge in [-0.25, -0.2) is 4.68 Å². The van der Waals surface area contributed by atoms with Crippen LogP contribution in [0.3, 0.4) is 0 Å². The van der Waals surface area contributed by atoms with Crippen molar-refractivity contribution >= 4 is 11.9 Å². The average molecular weight is 134 g/mol. The molecule has 0 spiro atoms.